The number of carboxylic acid groups (broad SMARTS) is 1. The van der Waals surface area contributed by atoms with Crippen LogP contribution in [0.2, 0.25) is 0 Å². The van der Waals surface area contributed by atoms with E-state index in [1.165, 1.54) is 6.92 Å². The number of hydrogen-bond acceptors (Lipinski definition) is 5. The van der Waals surface area contributed by atoms with Gasteiger partial charge in [-0.15, -0.1) is 0 Å². The number of carbonyl (C=O) groups is 1. The predicted molar refractivity (Wildman–Crippen MR) is 68.2 cm³/mol. The first-order chi connectivity index (χ1) is 8.58. The predicted octanol–water partition coefficient (Wildman–Crippen LogP) is 1.08. The summed E-state index contributed by atoms with van der Waals surface area (Å²) in [5.41, 5.74) is 4.37. The van der Waals surface area contributed by atoms with Crippen LogP contribution in [0.4, 0.5) is 5.82 Å². The van der Waals surface area contributed by atoms with Gasteiger partial charge in [-0.1, -0.05) is 18.2 Å². The van der Waals surface area contributed by atoms with Crippen LogP contribution in [-0.2, 0) is 4.79 Å². The van der Waals surface area contributed by atoms with Gasteiger partial charge in [0.15, 0.2) is 0 Å². The molecule has 0 bridgehead atoms. The molecule has 0 radical (unpaired) electrons. The fourth-order valence-corrected chi connectivity index (χ4v) is 1.59. The lowest BCUT2D eigenvalue weighted by atomic mass is 10.1. The number of benzene rings is 1. The Balaban J connectivity index is 2.36. The summed E-state index contributed by atoms with van der Waals surface area (Å²) in [5.74, 6) is -0.799. The first-order valence-corrected chi connectivity index (χ1v) is 5.46. The third-order valence-corrected chi connectivity index (χ3v) is 2.56. The number of pyridine rings is 1. The second kappa shape index (κ2) is 4.83. The molecule has 18 heavy (non-hydrogen) atoms. The number of para-hydroxylation sites is 1. The smallest absolute Gasteiger partial charge is 0.147 e. The molecule has 0 saturated heterocycles. The largest absolute Gasteiger partial charge is 0.543 e. The fraction of sp³-hybridized carbons (Fsp3) is 0.154. The molecule has 1 aromatic heterocycles. The van der Waals surface area contributed by atoms with E-state index in [2.05, 4.69) is 15.5 Å². The monoisotopic (exact) mass is 242 g/mol. The van der Waals surface area contributed by atoms with E-state index >= 15 is 0 Å². The summed E-state index contributed by atoms with van der Waals surface area (Å²) < 4.78 is 0. The molecule has 0 unspecified atom stereocenters. The summed E-state index contributed by atoms with van der Waals surface area (Å²) in [7, 11) is 0. The van der Waals surface area contributed by atoms with Crippen molar-refractivity contribution in [3.63, 3.8) is 0 Å². The lowest BCUT2D eigenvalue weighted by Gasteiger charge is -2.06. The third kappa shape index (κ3) is 2.45. The number of fused-ring (bicyclic) bond motifs is 1. The lowest BCUT2D eigenvalue weighted by Crippen LogP contribution is -2.30. The molecule has 2 rings (SSSR count). The summed E-state index contributed by atoms with van der Waals surface area (Å²) >= 11 is 0. The normalized spacial score (nSPS) is 11.6. The zero-order valence-electron chi connectivity index (χ0n) is 10.1. The molecule has 0 saturated carbocycles. The molecule has 92 valence electrons. The Labute approximate surface area is 104 Å². The van der Waals surface area contributed by atoms with Crippen LogP contribution in [0.1, 0.15) is 12.5 Å². The Bertz CT molecular complexity index is 635. The number of aromatic nitrogens is 1. The van der Waals surface area contributed by atoms with Gasteiger partial charge in [0.1, 0.15) is 5.82 Å². The molecule has 1 N–H and O–H groups in total. The van der Waals surface area contributed by atoms with Gasteiger partial charge in [-0.05, 0) is 31.5 Å². The van der Waals surface area contributed by atoms with Crippen LogP contribution in [-0.4, -0.2) is 16.7 Å². The molecule has 0 spiro atoms. The number of hydrazone groups is 1. The Morgan fingerprint density at radius 3 is 2.83 bits per heavy atom. The third-order valence-electron chi connectivity index (χ3n) is 2.56. The van der Waals surface area contributed by atoms with Crippen LogP contribution >= 0.6 is 0 Å². The maximum Gasteiger partial charge on any atom is 0.147 e. The lowest BCUT2D eigenvalue weighted by molar-refractivity contribution is -0.294. The number of nitrogens with one attached hydrogen (secondary N) is 1. The second-order valence-corrected chi connectivity index (χ2v) is 3.94. The molecule has 2 aromatic rings. The van der Waals surface area contributed by atoms with E-state index in [9.17, 15) is 9.90 Å². The zero-order valence-corrected chi connectivity index (χ0v) is 10.1. The van der Waals surface area contributed by atoms with Crippen molar-refractivity contribution < 1.29 is 9.90 Å². The van der Waals surface area contributed by atoms with Crippen LogP contribution in [0, 0.1) is 6.92 Å². The van der Waals surface area contributed by atoms with E-state index in [1.54, 1.807) is 0 Å². The van der Waals surface area contributed by atoms with E-state index < -0.39 is 5.97 Å². The standard InChI is InChI=1S/C13H13N3O2/c1-8-7-12(16-15-9(2)13(17)18)14-11-6-4-3-5-10(8)11/h3-7H,1-2H3,(H,14,16)(H,17,18)/p-1. The Hall–Kier alpha value is -2.43. The summed E-state index contributed by atoms with van der Waals surface area (Å²) in [4.78, 5) is 14.8. The molecule has 0 aliphatic heterocycles. The highest BCUT2D eigenvalue weighted by molar-refractivity contribution is 6.33. The first kappa shape index (κ1) is 12.0. The molecular formula is C13H12N3O2-. The van der Waals surface area contributed by atoms with Gasteiger partial charge in [-0.2, -0.15) is 5.10 Å². The minimum atomic E-state index is -1.31. The highest BCUT2D eigenvalue weighted by Gasteiger charge is 2.01. The maximum absolute atomic E-state index is 10.5. The molecule has 0 aliphatic carbocycles. The molecule has 0 amide bonds. The summed E-state index contributed by atoms with van der Waals surface area (Å²) in [5, 5.41) is 15.2. The van der Waals surface area contributed by atoms with Crippen LogP contribution in [0.5, 0.6) is 0 Å². The summed E-state index contributed by atoms with van der Waals surface area (Å²) in [6.45, 7) is 3.32. The first-order valence-electron chi connectivity index (χ1n) is 5.46. The van der Waals surface area contributed by atoms with Crippen molar-refractivity contribution in [3.8, 4) is 0 Å². The summed E-state index contributed by atoms with van der Waals surface area (Å²) in [6, 6.07) is 9.53. The van der Waals surface area contributed by atoms with Gasteiger partial charge in [-0.25, -0.2) is 4.98 Å². The van der Waals surface area contributed by atoms with Crippen LogP contribution in [0.25, 0.3) is 10.9 Å². The van der Waals surface area contributed by atoms with Crippen LogP contribution in [0.3, 0.4) is 0 Å². The van der Waals surface area contributed by atoms with Gasteiger partial charge >= 0.3 is 0 Å². The van der Waals surface area contributed by atoms with E-state index in [-0.39, 0.29) is 5.71 Å². The van der Waals surface area contributed by atoms with Gasteiger partial charge in [0.2, 0.25) is 0 Å². The Morgan fingerprint density at radius 2 is 2.11 bits per heavy atom. The van der Waals surface area contributed by atoms with Gasteiger partial charge in [0, 0.05) is 5.39 Å². The molecule has 0 atom stereocenters. The second-order valence-electron chi connectivity index (χ2n) is 3.94. The van der Waals surface area contributed by atoms with Gasteiger partial charge in [0.25, 0.3) is 0 Å². The molecule has 5 nitrogen and oxygen atoms in total. The van der Waals surface area contributed by atoms with Crippen molar-refractivity contribution in [2.75, 3.05) is 5.43 Å². The van der Waals surface area contributed by atoms with E-state index in [1.807, 2.05) is 37.3 Å². The molecule has 5 heteroatoms. The van der Waals surface area contributed by atoms with Crippen molar-refractivity contribution in [2.24, 2.45) is 5.10 Å². The number of aryl methyl sites for hydroxylation is 1. The number of hydrogen-bond donors (Lipinski definition) is 1. The Kier molecular flexibility index (Phi) is 3.23. The highest BCUT2D eigenvalue weighted by atomic mass is 16.4. The number of rotatable bonds is 3. The van der Waals surface area contributed by atoms with E-state index in [0.29, 0.717) is 5.82 Å². The number of carboxylic acids is 1. The minimum absolute atomic E-state index is 0.123. The number of aliphatic carboxylic acids is 1. The fourth-order valence-electron chi connectivity index (χ4n) is 1.59. The maximum atomic E-state index is 10.5. The SMILES string of the molecule is CC(=NNc1cc(C)c2ccccc2n1)C(=O)[O-]. The average molecular weight is 242 g/mol. The number of carbonyl (C=O) groups excluding carboxylic acids is 1. The van der Waals surface area contributed by atoms with Gasteiger partial charge in [0.05, 0.1) is 17.2 Å². The number of anilines is 1. The Morgan fingerprint density at radius 1 is 1.39 bits per heavy atom. The molecular weight excluding hydrogens is 230 g/mol. The average Bonchev–Trinajstić information content (AvgIpc) is 2.36. The summed E-state index contributed by atoms with van der Waals surface area (Å²) in [6.07, 6.45) is 0. The quantitative estimate of drug-likeness (QED) is 0.645. The van der Waals surface area contributed by atoms with Gasteiger partial charge < -0.3 is 9.90 Å². The van der Waals surface area contributed by atoms with Crippen molar-refractivity contribution in [3.05, 3.63) is 35.9 Å². The molecule has 1 aromatic carbocycles. The van der Waals surface area contributed by atoms with Crippen LogP contribution < -0.4 is 10.5 Å². The van der Waals surface area contributed by atoms with Crippen molar-refractivity contribution >= 4 is 28.4 Å². The topological polar surface area (TPSA) is 77.4 Å². The van der Waals surface area contributed by atoms with Crippen molar-refractivity contribution in [2.45, 2.75) is 13.8 Å². The highest BCUT2D eigenvalue weighted by Crippen LogP contribution is 2.19. The van der Waals surface area contributed by atoms with Crippen LogP contribution in [0.15, 0.2) is 35.4 Å². The van der Waals surface area contributed by atoms with Crippen molar-refractivity contribution in [1.29, 1.82) is 0 Å². The number of nitrogens with zero attached hydrogens (tertiary/aromatic N) is 2. The molecule has 1 heterocycles. The van der Waals surface area contributed by atoms with Gasteiger partial charge in [-0.3, -0.25) is 5.43 Å². The molecule has 0 aliphatic rings. The van der Waals surface area contributed by atoms with Crippen molar-refractivity contribution in [1.82, 2.24) is 4.98 Å². The van der Waals surface area contributed by atoms with E-state index in [4.69, 9.17) is 0 Å². The molecule has 0 fully saturated rings. The van der Waals surface area contributed by atoms with E-state index in [0.717, 1.165) is 16.5 Å². The zero-order chi connectivity index (χ0) is 13.1. The minimum Gasteiger partial charge on any atom is -0.543 e.